The van der Waals surface area contributed by atoms with E-state index in [1.807, 2.05) is 0 Å². The first-order chi connectivity index (χ1) is 7.25. The molecule has 0 saturated carbocycles. The fourth-order valence-electron chi connectivity index (χ4n) is 2.19. The number of aryl methyl sites for hydroxylation is 3. The molecule has 84 valence electrons. The van der Waals surface area contributed by atoms with Crippen LogP contribution in [-0.2, 0) is 6.54 Å². The van der Waals surface area contributed by atoms with E-state index < -0.39 is 0 Å². The molecule has 1 aromatic heterocycles. The first-order valence-corrected chi connectivity index (χ1v) is 5.99. The van der Waals surface area contributed by atoms with E-state index in [0.29, 0.717) is 0 Å². The van der Waals surface area contributed by atoms with Crippen molar-refractivity contribution in [1.29, 1.82) is 0 Å². The summed E-state index contributed by atoms with van der Waals surface area (Å²) in [6.07, 6.45) is 6.15. The molecule has 0 unspecified atom stereocenters. The highest BCUT2D eigenvalue weighted by atomic mass is 15.3. The minimum absolute atomic E-state index is 1.06. The van der Waals surface area contributed by atoms with Gasteiger partial charge in [0.25, 0.3) is 0 Å². The molecule has 0 radical (unpaired) electrons. The Labute approximate surface area is 92.1 Å². The van der Waals surface area contributed by atoms with Crippen molar-refractivity contribution in [3.63, 3.8) is 0 Å². The van der Waals surface area contributed by atoms with Gasteiger partial charge in [-0.25, -0.2) is 0 Å². The molecule has 0 amide bonds. The monoisotopic (exact) mass is 207 g/mol. The lowest BCUT2D eigenvalue weighted by Crippen LogP contribution is -2.21. The highest BCUT2D eigenvalue weighted by Gasteiger charge is 2.10. The molecule has 2 rings (SSSR count). The topological polar surface area (TPSA) is 21.1 Å². The van der Waals surface area contributed by atoms with Gasteiger partial charge in [0, 0.05) is 12.7 Å². The van der Waals surface area contributed by atoms with Crippen molar-refractivity contribution >= 4 is 0 Å². The standard InChI is InChI=1S/C12H21N3/c1-11-10-15(13-12(11)2)9-5-8-14-6-3-4-7-14/h10H,3-9H2,1-2H3. The number of hydrogen-bond donors (Lipinski definition) is 0. The van der Waals surface area contributed by atoms with Gasteiger partial charge in [0.1, 0.15) is 0 Å². The molecule has 15 heavy (non-hydrogen) atoms. The molecule has 0 aromatic carbocycles. The van der Waals surface area contributed by atoms with Crippen LogP contribution in [0.25, 0.3) is 0 Å². The summed E-state index contributed by atoms with van der Waals surface area (Å²) in [6.45, 7) is 9.10. The zero-order valence-electron chi connectivity index (χ0n) is 9.87. The second kappa shape index (κ2) is 4.79. The van der Waals surface area contributed by atoms with Gasteiger partial charge in [-0.3, -0.25) is 4.68 Å². The van der Waals surface area contributed by atoms with Gasteiger partial charge in [-0.05, 0) is 58.3 Å². The molecule has 3 nitrogen and oxygen atoms in total. The molecule has 0 aliphatic carbocycles. The Morgan fingerprint density at radius 2 is 1.93 bits per heavy atom. The number of rotatable bonds is 4. The van der Waals surface area contributed by atoms with E-state index in [-0.39, 0.29) is 0 Å². The minimum atomic E-state index is 1.06. The van der Waals surface area contributed by atoms with Crippen LogP contribution in [0.1, 0.15) is 30.5 Å². The third-order valence-electron chi connectivity index (χ3n) is 3.25. The molecule has 0 bridgehead atoms. The van der Waals surface area contributed by atoms with Gasteiger partial charge >= 0.3 is 0 Å². The molecular formula is C12H21N3. The predicted octanol–water partition coefficient (Wildman–Crippen LogP) is 1.99. The first-order valence-electron chi connectivity index (χ1n) is 5.99. The van der Waals surface area contributed by atoms with Crippen LogP contribution in [0.15, 0.2) is 6.20 Å². The molecule has 1 aliphatic rings. The van der Waals surface area contributed by atoms with Gasteiger partial charge in [-0.15, -0.1) is 0 Å². The van der Waals surface area contributed by atoms with E-state index in [1.165, 1.54) is 44.5 Å². The Hall–Kier alpha value is -0.830. The Morgan fingerprint density at radius 3 is 2.53 bits per heavy atom. The number of aromatic nitrogens is 2. The highest BCUT2D eigenvalue weighted by Crippen LogP contribution is 2.08. The number of likely N-dealkylation sites (tertiary alicyclic amines) is 1. The first kappa shape index (κ1) is 10.7. The van der Waals surface area contributed by atoms with Crippen molar-refractivity contribution in [1.82, 2.24) is 14.7 Å². The minimum Gasteiger partial charge on any atom is -0.303 e. The quantitative estimate of drug-likeness (QED) is 0.753. The van der Waals surface area contributed by atoms with Crippen LogP contribution in [0, 0.1) is 13.8 Å². The molecule has 1 aliphatic heterocycles. The van der Waals surface area contributed by atoms with E-state index in [1.54, 1.807) is 0 Å². The fraction of sp³-hybridized carbons (Fsp3) is 0.750. The summed E-state index contributed by atoms with van der Waals surface area (Å²) < 4.78 is 2.08. The second-order valence-electron chi connectivity index (χ2n) is 4.56. The zero-order chi connectivity index (χ0) is 10.7. The average molecular weight is 207 g/mol. The summed E-state index contributed by atoms with van der Waals surface area (Å²) in [5, 5.41) is 4.47. The number of hydrogen-bond acceptors (Lipinski definition) is 2. The third kappa shape index (κ3) is 2.81. The second-order valence-corrected chi connectivity index (χ2v) is 4.56. The zero-order valence-corrected chi connectivity index (χ0v) is 9.87. The van der Waals surface area contributed by atoms with Gasteiger partial charge in [0.05, 0.1) is 5.69 Å². The Bertz CT molecular complexity index is 291. The van der Waals surface area contributed by atoms with Crippen molar-refractivity contribution < 1.29 is 0 Å². The van der Waals surface area contributed by atoms with Crippen LogP contribution >= 0.6 is 0 Å². The largest absolute Gasteiger partial charge is 0.303 e. The Morgan fingerprint density at radius 1 is 1.20 bits per heavy atom. The maximum atomic E-state index is 4.47. The maximum absolute atomic E-state index is 4.47. The molecule has 1 saturated heterocycles. The van der Waals surface area contributed by atoms with Crippen molar-refractivity contribution in [3.05, 3.63) is 17.5 Å². The smallest absolute Gasteiger partial charge is 0.0622 e. The average Bonchev–Trinajstić information content (AvgIpc) is 2.79. The normalized spacial score (nSPS) is 17.5. The molecule has 3 heteroatoms. The number of nitrogens with zero attached hydrogens (tertiary/aromatic N) is 3. The third-order valence-corrected chi connectivity index (χ3v) is 3.25. The van der Waals surface area contributed by atoms with Gasteiger partial charge in [-0.1, -0.05) is 0 Å². The van der Waals surface area contributed by atoms with Crippen molar-refractivity contribution in [2.45, 2.75) is 39.7 Å². The van der Waals surface area contributed by atoms with Gasteiger partial charge in [-0.2, -0.15) is 5.10 Å². The lowest BCUT2D eigenvalue weighted by Gasteiger charge is -2.13. The van der Waals surface area contributed by atoms with Crippen molar-refractivity contribution in [3.8, 4) is 0 Å². The summed E-state index contributed by atoms with van der Waals surface area (Å²) in [5.74, 6) is 0. The summed E-state index contributed by atoms with van der Waals surface area (Å²) >= 11 is 0. The molecule has 0 atom stereocenters. The van der Waals surface area contributed by atoms with E-state index >= 15 is 0 Å². The Balaban J connectivity index is 1.73. The molecule has 0 N–H and O–H groups in total. The van der Waals surface area contributed by atoms with Crippen molar-refractivity contribution in [2.75, 3.05) is 19.6 Å². The summed E-state index contributed by atoms with van der Waals surface area (Å²) in [5.41, 5.74) is 2.47. The van der Waals surface area contributed by atoms with Gasteiger partial charge in [0.15, 0.2) is 0 Å². The molecule has 1 aromatic rings. The van der Waals surface area contributed by atoms with E-state index in [2.05, 4.69) is 34.7 Å². The SMILES string of the molecule is Cc1cn(CCCN2CCCC2)nc1C. The van der Waals surface area contributed by atoms with E-state index in [9.17, 15) is 0 Å². The lowest BCUT2D eigenvalue weighted by atomic mass is 10.3. The van der Waals surface area contributed by atoms with Crippen LogP contribution in [0.5, 0.6) is 0 Å². The molecule has 2 heterocycles. The maximum Gasteiger partial charge on any atom is 0.0622 e. The van der Waals surface area contributed by atoms with E-state index in [4.69, 9.17) is 0 Å². The Kier molecular flexibility index (Phi) is 3.41. The van der Waals surface area contributed by atoms with Gasteiger partial charge < -0.3 is 4.90 Å². The summed E-state index contributed by atoms with van der Waals surface area (Å²) in [7, 11) is 0. The molecular weight excluding hydrogens is 186 g/mol. The van der Waals surface area contributed by atoms with Crippen LogP contribution in [0.4, 0.5) is 0 Å². The highest BCUT2D eigenvalue weighted by molar-refractivity contribution is 5.12. The van der Waals surface area contributed by atoms with Crippen molar-refractivity contribution in [2.24, 2.45) is 0 Å². The lowest BCUT2D eigenvalue weighted by molar-refractivity contribution is 0.322. The van der Waals surface area contributed by atoms with Crippen LogP contribution in [0.2, 0.25) is 0 Å². The summed E-state index contributed by atoms with van der Waals surface area (Å²) in [4.78, 5) is 2.56. The van der Waals surface area contributed by atoms with Crippen LogP contribution in [-0.4, -0.2) is 34.3 Å². The fourth-order valence-corrected chi connectivity index (χ4v) is 2.19. The van der Waals surface area contributed by atoms with Crippen LogP contribution in [0.3, 0.4) is 0 Å². The molecule has 0 spiro atoms. The summed E-state index contributed by atoms with van der Waals surface area (Å²) in [6, 6.07) is 0. The molecule has 1 fully saturated rings. The van der Waals surface area contributed by atoms with Gasteiger partial charge in [0.2, 0.25) is 0 Å². The van der Waals surface area contributed by atoms with Crippen LogP contribution < -0.4 is 0 Å². The predicted molar refractivity (Wildman–Crippen MR) is 62.0 cm³/mol. The van der Waals surface area contributed by atoms with E-state index in [0.717, 1.165) is 12.2 Å².